The van der Waals surface area contributed by atoms with Crippen molar-refractivity contribution in [2.24, 2.45) is 0 Å². The molecule has 0 amide bonds. The Kier molecular flexibility index (Phi) is 40.5. The van der Waals surface area contributed by atoms with E-state index in [0.29, 0.717) is 12.8 Å². The van der Waals surface area contributed by atoms with Crippen LogP contribution in [0.3, 0.4) is 0 Å². The van der Waals surface area contributed by atoms with Gasteiger partial charge in [-0.05, 0) is 12.8 Å². The maximum absolute atomic E-state index is 10.2. The summed E-state index contributed by atoms with van der Waals surface area (Å²) in [5.74, 6) is 0. The Balaban J connectivity index is -0.000000269. The molecule has 0 aliphatic carbocycles. The van der Waals surface area contributed by atoms with Gasteiger partial charge in [0.05, 0.1) is 13.2 Å². The molecule has 36 heavy (non-hydrogen) atoms. The quantitative estimate of drug-likeness (QED) is 0.0995. The Hall–Kier alpha value is 1.51. The van der Waals surface area contributed by atoms with Gasteiger partial charge in [0.1, 0.15) is 0 Å². The van der Waals surface area contributed by atoms with Crippen molar-refractivity contribution in [3.63, 3.8) is 0 Å². The summed E-state index contributed by atoms with van der Waals surface area (Å²) in [4.78, 5) is 0. The number of rotatable bonds is 24. The summed E-state index contributed by atoms with van der Waals surface area (Å²) in [7, 11) is -8.47. The zero-order chi connectivity index (χ0) is 26.0. The van der Waals surface area contributed by atoms with Gasteiger partial charge in [-0.1, -0.05) is 129 Å². The first-order valence-corrected chi connectivity index (χ1v) is 16.1. The van der Waals surface area contributed by atoms with E-state index in [9.17, 15) is 16.8 Å². The molecule has 0 aromatic carbocycles. The van der Waals surface area contributed by atoms with E-state index in [1.165, 1.54) is 89.9 Å². The maximum atomic E-state index is 10.2. The maximum Gasteiger partial charge on any atom is 2.00 e. The van der Waals surface area contributed by atoms with Crippen LogP contribution in [0.5, 0.6) is 0 Å². The zero-order valence-corrected chi connectivity index (χ0v) is 28.5. The smallest absolute Gasteiger partial charge is 0.264 e. The molecule has 12 heteroatoms. The molecule has 0 heterocycles. The molecular weight excluding hydrogens is 528 g/mol. The molecule has 0 aromatic rings. The van der Waals surface area contributed by atoms with Crippen molar-refractivity contribution in [1.29, 1.82) is 0 Å². The largest absolute Gasteiger partial charge is 2.00 e. The fourth-order valence-corrected chi connectivity index (χ4v) is 4.16. The monoisotopic (exact) mass is 579 g/mol. The second-order valence-electron chi connectivity index (χ2n) is 8.86. The van der Waals surface area contributed by atoms with E-state index in [2.05, 4.69) is 22.2 Å². The Morgan fingerprint density at radius 1 is 0.444 bits per heavy atom. The molecule has 0 saturated heterocycles. The molecule has 0 saturated carbocycles. The van der Waals surface area contributed by atoms with E-state index in [4.69, 9.17) is 9.11 Å². The van der Waals surface area contributed by atoms with Gasteiger partial charge in [0.15, 0.2) is 0 Å². The van der Waals surface area contributed by atoms with Crippen LogP contribution in [0.2, 0.25) is 0 Å². The SMILES string of the molecule is CCCCCCCCCCCCOS(=O)(=O)O.CCCCCCCCCCCCOS(=O)(=O)O.[Mg+2].[Na+]. The summed E-state index contributed by atoms with van der Waals surface area (Å²) in [5.41, 5.74) is 0. The van der Waals surface area contributed by atoms with Crippen molar-refractivity contribution >= 4 is 43.9 Å². The van der Waals surface area contributed by atoms with Gasteiger partial charge in [-0.3, -0.25) is 9.11 Å². The minimum Gasteiger partial charge on any atom is -0.264 e. The van der Waals surface area contributed by atoms with Gasteiger partial charge in [-0.25, -0.2) is 8.37 Å². The molecule has 0 radical (unpaired) electrons. The molecule has 0 spiro atoms. The van der Waals surface area contributed by atoms with Crippen molar-refractivity contribution in [3.05, 3.63) is 0 Å². The Labute approximate surface area is 261 Å². The second kappa shape index (κ2) is 32.7. The molecule has 0 unspecified atom stereocenters. The molecule has 0 aliphatic rings. The van der Waals surface area contributed by atoms with Crippen LogP contribution in [-0.2, 0) is 29.2 Å². The first kappa shape index (κ1) is 44.5. The van der Waals surface area contributed by atoms with Gasteiger partial charge in [0.25, 0.3) is 0 Å². The molecule has 0 aromatic heterocycles. The molecule has 8 nitrogen and oxygen atoms in total. The van der Waals surface area contributed by atoms with Gasteiger partial charge >= 0.3 is 73.4 Å². The van der Waals surface area contributed by atoms with E-state index in [-0.39, 0.29) is 65.8 Å². The van der Waals surface area contributed by atoms with Gasteiger partial charge < -0.3 is 0 Å². The first-order chi connectivity index (χ1) is 16.1. The third kappa shape index (κ3) is 48.6. The molecular formula is C24H52MgNaO8S2+3. The van der Waals surface area contributed by atoms with Crippen LogP contribution in [-0.4, -0.2) is 62.2 Å². The van der Waals surface area contributed by atoms with Crippen LogP contribution in [0, 0.1) is 0 Å². The van der Waals surface area contributed by atoms with E-state index < -0.39 is 20.8 Å². The predicted molar refractivity (Wildman–Crippen MR) is 144 cm³/mol. The van der Waals surface area contributed by atoms with E-state index in [1.807, 2.05) is 0 Å². The van der Waals surface area contributed by atoms with Gasteiger partial charge in [-0.2, -0.15) is 16.8 Å². The molecule has 0 aliphatic heterocycles. The van der Waals surface area contributed by atoms with Crippen LogP contribution in [0.4, 0.5) is 0 Å². The van der Waals surface area contributed by atoms with E-state index >= 15 is 0 Å². The van der Waals surface area contributed by atoms with Crippen molar-refractivity contribution in [3.8, 4) is 0 Å². The first-order valence-electron chi connectivity index (χ1n) is 13.4. The Bertz CT molecular complexity index is 566. The molecule has 2 N–H and O–H groups in total. The molecule has 208 valence electrons. The van der Waals surface area contributed by atoms with Crippen LogP contribution in [0.1, 0.15) is 142 Å². The normalized spacial score (nSPS) is 11.2. The van der Waals surface area contributed by atoms with Crippen LogP contribution < -0.4 is 29.6 Å². The Morgan fingerprint density at radius 3 is 0.833 bits per heavy atom. The molecule has 0 rings (SSSR count). The summed E-state index contributed by atoms with van der Waals surface area (Å²) in [5, 5.41) is 0. The predicted octanol–water partition coefficient (Wildman–Crippen LogP) is 4.08. The van der Waals surface area contributed by atoms with Crippen LogP contribution in [0.25, 0.3) is 0 Å². The Morgan fingerprint density at radius 2 is 0.639 bits per heavy atom. The standard InChI is InChI=1S/2C12H26O4S.Mg.Na/c2*1-2-3-4-5-6-7-8-9-10-11-12-16-17(13,14)15;;/h2*2-12H2,1H3,(H,13,14,15);;/q;;+2;+1. The third-order valence-corrected chi connectivity index (χ3v) is 6.39. The van der Waals surface area contributed by atoms with E-state index in [0.717, 1.165) is 25.7 Å². The van der Waals surface area contributed by atoms with Crippen molar-refractivity contribution < 1.29 is 63.9 Å². The average Bonchev–Trinajstić information content (AvgIpc) is 2.75. The molecule has 0 bridgehead atoms. The summed E-state index contributed by atoms with van der Waals surface area (Å²) in [6, 6.07) is 0. The second-order valence-corrected chi connectivity index (χ2v) is 11.0. The van der Waals surface area contributed by atoms with Crippen LogP contribution >= 0.6 is 0 Å². The summed E-state index contributed by atoms with van der Waals surface area (Å²) in [6.45, 7) is 4.62. The zero-order valence-electron chi connectivity index (χ0n) is 23.4. The summed E-state index contributed by atoms with van der Waals surface area (Å²) < 4.78 is 66.0. The minimum atomic E-state index is -4.23. The molecule has 0 fully saturated rings. The van der Waals surface area contributed by atoms with Gasteiger partial charge in [-0.15, -0.1) is 0 Å². The average molecular weight is 580 g/mol. The summed E-state index contributed by atoms with van der Waals surface area (Å²) >= 11 is 0. The van der Waals surface area contributed by atoms with Crippen molar-refractivity contribution in [1.82, 2.24) is 0 Å². The van der Waals surface area contributed by atoms with Crippen LogP contribution in [0.15, 0.2) is 0 Å². The fraction of sp³-hybridized carbons (Fsp3) is 1.00. The van der Waals surface area contributed by atoms with Crippen molar-refractivity contribution in [2.75, 3.05) is 13.2 Å². The number of hydrogen-bond acceptors (Lipinski definition) is 6. The van der Waals surface area contributed by atoms with E-state index in [1.54, 1.807) is 0 Å². The third-order valence-electron chi connectivity index (χ3n) is 5.46. The summed E-state index contributed by atoms with van der Waals surface area (Å²) in [6.07, 6.45) is 23.7. The fourth-order valence-electron chi connectivity index (χ4n) is 3.51. The topological polar surface area (TPSA) is 127 Å². The van der Waals surface area contributed by atoms with Gasteiger partial charge in [0.2, 0.25) is 0 Å². The van der Waals surface area contributed by atoms with Crippen molar-refractivity contribution in [2.45, 2.75) is 142 Å². The minimum absolute atomic E-state index is 0. The number of unbranched alkanes of at least 4 members (excludes halogenated alkanes) is 18. The van der Waals surface area contributed by atoms with Gasteiger partial charge in [0, 0.05) is 0 Å². The molecule has 0 atom stereocenters. The number of hydrogen-bond donors (Lipinski definition) is 2.